The van der Waals surface area contributed by atoms with E-state index in [1.165, 1.54) is 18.5 Å². The van der Waals surface area contributed by atoms with Crippen LogP contribution < -0.4 is 26.8 Å². The van der Waals surface area contributed by atoms with E-state index in [9.17, 15) is 27.9 Å². The van der Waals surface area contributed by atoms with Gasteiger partial charge in [-0.05, 0) is 23.3 Å². The van der Waals surface area contributed by atoms with Crippen molar-refractivity contribution in [2.45, 2.75) is 49.2 Å². The van der Waals surface area contributed by atoms with Gasteiger partial charge in [0.25, 0.3) is 0 Å². The molecule has 2 aromatic carbocycles. The number of benzene rings is 2. The average Bonchev–Trinajstić information content (AvgIpc) is 3.48. The number of phenolic OH excluding ortho intramolecular Hbond substituents is 1. The van der Waals surface area contributed by atoms with E-state index in [0.717, 1.165) is 5.56 Å². The number of primary sulfonamides is 1. The molecule has 0 spiro atoms. The second-order valence-corrected chi connectivity index (χ2v) is 12.1. The number of nitrogens with one attached hydrogen (secondary N) is 4. The maximum atomic E-state index is 13.6. The highest BCUT2D eigenvalue weighted by Gasteiger charge is 2.32. The molecule has 13 nitrogen and oxygen atoms in total. The number of amides is 3. The molecular weight excluding hydrogens is 582 g/mol. The Morgan fingerprint density at radius 2 is 1.60 bits per heavy atom. The minimum Gasteiger partial charge on any atom is -0.508 e. The second-order valence-electron chi connectivity index (χ2n) is 9.84. The summed E-state index contributed by atoms with van der Waals surface area (Å²) in [6, 6.07) is 12.5. The summed E-state index contributed by atoms with van der Waals surface area (Å²) in [4.78, 5) is 46.8. The van der Waals surface area contributed by atoms with Crippen LogP contribution in [0.3, 0.4) is 0 Å². The van der Waals surface area contributed by atoms with Crippen LogP contribution >= 0.6 is 12.6 Å². The lowest BCUT2D eigenvalue weighted by atomic mass is 10.0. The van der Waals surface area contributed by atoms with Gasteiger partial charge in [-0.25, -0.2) is 18.5 Å². The number of hydrogen-bond acceptors (Lipinski definition) is 8. The van der Waals surface area contributed by atoms with Crippen molar-refractivity contribution in [3.63, 3.8) is 0 Å². The largest absolute Gasteiger partial charge is 0.508 e. The number of aromatic hydroxyl groups is 1. The van der Waals surface area contributed by atoms with E-state index in [4.69, 9.17) is 5.14 Å². The molecule has 0 saturated heterocycles. The van der Waals surface area contributed by atoms with Gasteiger partial charge in [-0.2, -0.15) is 12.6 Å². The maximum Gasteiger partial charge on any atom is 0.243 e. The Hall–Kier alpha value is -3.92. The molecule has 0 unspecified atom stereocenters. The monoisotopic (exact) mass is 618 g/mol. The van der Waals surface area contributed by atoms with Crippen molar-refractivity contribution in [1.82, 2.24) is 25.9 Å². The average molecular weight is 619 g/mol. The molecule has 3 amide bonds. The number of nitrogens with two attached hydrogens (primary N) is 1. The first-order valence-electron chi connectivity index (χ1n) is 13.1. The van der Waals surface area contributed by atoms with Gasteiger partial charge in [0.15, 0.2) is 0 Å². The minimum atomic E-state index is -3.76. The van der Waals surface area contributed by atoms with Gasteiger partial charge in [0.05, 0.1) is 12.1 Å². The third kappa shape index (κ3) is 10.8. The van der Waals surface area contributed by atoms with E-state index in [-0.39, 0.29) is 37.3 Å². The summed E-state index contributed by atoms with van der Waals surface area (Å²) < 4.78 is 22.7. The van der Waals surface area contributed by atoms with Crippen LogP contribution in [0, 0.1) is 0 Å². The van der Waals surface area contributed by atoms with Crippen LogP contribution in [-0.4, -0.2) is 70.3 Å². The first kappa shape index (κ1) is 32.6. The number of carbonyl (C=O) groups excluding carboxylic acids is 3. The van der Waals surface area contributed by atoms with Crippen molar-refractivity contribution in [3.05, 3.63) is 83.9 Å². The zero-order valence-electron chi connectivity index (χ0n) is 22.8. The van der Waals surface area contributed by atoms with Gasteiger partial charge in [-0.15, -0.1) is 0 Å². The molecule has 0 saturated carbocycles. The molecule has 3 aromatic rings. The van der Waals surface area contributed by atoms with Crippen LogP contribution in [0.25, 0.3) is 0 Å². The fraction of sp³-hybridized carbons (Fsp3) is 0.333. The highest BCUT2D eigenvalue weighted by molar-refractivity contribution is 7.89. The SMILES string of the molecule is NS(=O)(=O)CC[C@H]([NH3+])[C@@H](S)C(=O)N[C@@H](Cc1ccc(O)cc1)C(=O)N[C@@H](Cc1cnc[nH]1)C(=O)NCc1ccccc1. The van der Waals surface area contributed by atoms with Crippen molar-refractivity contribution >= 4 is 40.4 Å². The third-order valence-corrected chi connectivity index (χ3v) is 7.88. The molecule has 0 bridgehead atoms. The van der Waals surface area contributed by atoms with E-state index >= 15 is 0 Å². The van der Waals surface area contributed by atoms with Gasteiger partial charge in [-0.1, -0.05) is 42.5 Å². The van der Waals surface area contributed by atoms with Crippen LogP contribution in [-0.2, 0) is 43.8 Å². The number of quaternary nitrogens is 1. The molecule has 1 aromatic heterocycles. The van der Waals surface area contributed by atoms with Gasteiger partial charge in [-0.3, -0.25) is 14.4 Å². The Labute approximate surface area is 249 Å². The van der Waals surface area contributed by atoms with Crippen LogP contribution in [0.2, 0.25) is 0 Å². The Bertz CT molecular complexity index is 1420. The number of carbonyl (C=O) groups is 3. The normalized spacial score (nSPS) is 14.3. The number of H-pyrrole nitrogens is 1. The van der Waals surface area contributed by atoms with Crippen LogP contribution in [0.5, 0.6) is 5.75 Å². The Morgan fingerprint density at radius 1 is 0.952 bits per heavy atom. The molecular formula is C27H36N7O6S2+. The first-order valence-corrected chi connectivity index (χ1v) is 15.3. The number of sulfonamides is 1. The zero-order valence-corrected chi connectivity index (χ0v) is 24.5. The van der Waals surface area contributed by atoms with E-state index in [2.05, 4.69) is 44.3 Å². The van der Waals surface area contributed by atoms with Crippen molar-refractivity contribution in [2.75, 3.05) is 5.75 Å². The number of aromatic amines is 1. The van der Waals surface area contributed by atoms with Crippen molar-refractivity contribution < 1.29 is 33.6 Å². The summed E-state index contributed by atoms with van der Waals surface area (Å²) in [5.74, 6) is -2.07. The molecule has 0 aliphatic heterocycles. The predicted octanol–water partition coefficient (Wildman–Crippen LogP) is -1.23. The molecule has 4 atom stereocenters. The van der Waals surface area contributed by atoms with Crippen LogP contribution in [0.1, 0.15) is 23.2 Å². The molecule has 0 aliphatic rings. The van der Waals surface area contributed by atoms with Crippen molar-refractivity contribution in [2.24, 2.45) is 5.14 Å². The summed E-state index contributed by atoms with van der Waals surface area (Å²) >= 11 is 4.31. The van der Waals surface area contributed by atoms with Gasteiger partial charge in [0.2, 0.25) is 27.7 Å². The molecule has 15 heteroatoms. The Balaban J connectivity index is 1.77. The van der Waals surface area contributed by atoms with E-state index in [1.807, 2.05) is 30.3 Å². The maximum absolute atomic E-state index is 13.6. The smallest absolute Gasteiger partial charge is 0.243 e. The lowest BCUT2D eigenvalue weighted by Gasteiger charge is -2.25. The zero-order chi connectivity index (χ0) is 30.7. The van der Waals surface area contributed by atoms with E-state index in [1.54, 1.807) is 18.3 Å². The van der Waals surface area contributed by atoms with Crippen LogP contribution in [0.15, 0.2) is 67.1 Å². The summed E-state index contributed by atoms with van der Waals surface area (Å²) in [6.45, 7) is 0.243. The molecule has 0 radical (unpaired) electrons. The molecule has 10 N–H and O–H groups in total. The van der Waals surface area contributed by atoms with Crippen LogP contribution in [0.4, 0.5) is 0 Å². The van der Waals surface area contributed by atoms with Gasteiger partial charge in [0.1, 0.15) is 29.1 Å². The number of hydrogen-bond donors (Lipinski definition) is 8. The molecule has 1 heterocycles. The van der Waals surface area contributed by atoms with E-state index in [0.29, 0.717) is 11.3 Å². The molecule has 0 fully saturated rings. The standard InChI is InChI=1S/C27H35N7O6S2/c28-21(10-11-42(29,39)40)24(41)27(38)34-22(12-17-6-8-20(35)9-7-17)26(37)33-23(13-19-15-30-16-32-19)25(36)31-14-18-4-2-1-3-5-18/h1-9,15-16,21-24,35,41H,10-14,28H2,(H,30,32)(H,31,36)(H,33,37)(H,34,38)(H2,29,39,40)/p+1/t21-,22-,23-,24+/m0/s1. The summed E-state index contributed by atoms with van der Waals surface area (Å²) in [7, 11) is -3.76. The number of aromatic nitrogens is 2. The van der Waals surface area contributed by atoms with Gasteiger partial charge >= 0.3 is 0 Å². The number of nitrogens with zero attached hydrogens (tertiary/aromatic N) is 1. The van der Waals surface area contributed by atoms with Gasteiger partial charge < -0.3 is 31.8 Å². The molecule has 226 valence electrons. The van der Waals surface area contributed by atoms with Gasteiger partial charge in [0, 0.05) is 37.7 Å². The topological polar surface area (TPSA) is 224 Å². The lowest BCUT2D eigenvalue weighted by molar-refractivity contribution is -0.416. The summed E-state index contributed by atoms with van der Waals surface area (Å²) in [6.07, 6.45) is 3.13. The molecule has 0 aliphatic carbocycles. The lowest BCUT2D eigenvalue weighted by Crippen LogP contribution is -2.68. The Kier molecular flexibility index (Phi) is 11.9. The van der Waals surface area contributed by atoms with Crippen molar-refractivity contribution in [3.8, 4) is 5.75 Å². The number of thiol groups is 1. The Morgan fingerprint density at radius 3 is 2.21 bits per heavy atom. The molecule has 3 rings (SSSR count). The summed E-state index contributed by atoms with van der Waals surface area (Å²) in [5.41, 5.74) is 5.93. The number of rotatable bonds is 15. The fourth-order valence-electron chi connectivity index (χ4n) is 4.03. The van der Waals surface area contributed by atoms with E-state index < -0.39 is 51.1 Å². The quantitative estimate of drug-likeness (QED) is 0.0968. The predicted molar refractivity (Wildman–Crippen MR) is 158 cm³/mol. The first-order chi connectivity index (χ1) is 19.9. The molecule has 42 heavy (non-hydrogen) atoms. The highest BCUT2D eigenvalue weighted by Crippen LogP contribution is 2.13. The van der Waals surface area contributed by atoms with Crippen molar-refractivity contribution in [1.29, 1.82) is 0 Å². The fourth-order valence-corrected chi connectivity index (χ4v) is 4.88. The summed E-state index contributed by atoms with van der Waals surface area (Å²) in [5, 5.41) is 21.9. The second kappa shape index (κ2) is 15.3. The number of phenols is 1. The third-order valence-electron chi connectivity index (χ3n) is 6.42. The highest BCUT2D eigenvalue weighted by atomic mass is 32.2. The number of imidazole rings is 1. The minimum absolute atomic E-state index is 0.0108.